The highest BCUT2D eigenvalue weighted by Gasteiger charge is 2.24. The molecule has 0 N–H and O–H groups in total. The van der Waals surface area contributed by atoms with E-state index in [1.54, 1.807) is 12.1 Å². The van der Waals surface area contributed by atoms with Crippen LogP contribution in [0.5, 0.6) is 11.5 Å². The van der Waals surface area contributed by atoms with Crippen LogP contribution in [0.1, 0.15) is 45.4 Å². The molecule has 1 fully saturated rings. The lowest BCUT2D eigenvalue weighted by atomic mass is 9.88. The molecule has 0 amide bonds. The SMILES string of the molecule is CCCCOc1ccc(-c2ccc(OC(=O)O[C@H]3CC[C@H](C#N)CC3)cc2)cc1. The van der Waals surface area contributed by atoms with Gasteiger partial charge in [0.15, 0.2) is 0 Å². The summed E-state index contributed by atoms with van der Waals surface area (Å²) in [6, 6.07) is 17.6. The zero-order valence-corrected chi connectivity index (χ0v) is 16.8. The molecule has 5 heteroatoms. The van der Waals surface area contributed by atoms with Gasteiger partial charge in [-0.1, -0.05) is 37.6 Å². The smallest absolute Gasteiger partial charge is 0.494 e. The van der Waals surface area contributed by atoms with Gasteiger partial charge in [0.25, 0.3) is 0 Å². The second-order valence-electron chi connectivity index (χ2n) is 7.32. The Bertz CT molecular complexity index is 815. The van der Waals surface area contributed by atoms with Crippen molar-refractivity contribution in [2.75, 3.05) is 6.61 Å². The van der Waals surface area contributed by atoms with E-state index < -0.39 is 6.16 Å². The number of carbonyl (C=O) groups is 1. The van der Waals surface area contributed by atoms with Crippen LogP contribution in [0.2, 0.25) is 0 Å². The summed E-state index contributed by atoms with van der Waals surface area (Å²) < 4.78 is 16.3. The lowest BCUT2D eigenvalue weighted by Crippen LogP contribution is -2.25. The van der Waals surface area contributed by atoms with Gasteiger partial charge in [-0.05, 0) is 67.5 Å². The van der Waals surface area contributed by atoms with Crippen LogP contribution in [0.4, 0.5) is 4.79 Å². The predicted octanol–water partition coefficient (Wildman–Crippen LogP) is 6.13. The summed E-state index contributed by atoms with van der Waals surface area (Å²) in [5, 5.41) is 8.93. The van der Waals surface area contributed by atoms with E-state index in [-0.39, 0.29) is 12.0 Å². The summed E-state index contributed by atoms with van der Waals surface area (Å²) in [6.07, 6.45) is 4.28. The van der Waals surface area contributed by atoms with Crippen LogP contribution in [0.15, 0.2) is 48.5 Å². The van der Waals surface area contributed by atoms with E-state index in [1.165, 1.54) is 0 Å². The molecule has 3 rings (SSSR count). The monoisotopic (exact) mass is 393 g/mol. The molecule has 0 aromatic heterocycles. The topological polar surface area (TPSA) is 68.6 Å². The van der Waals surface area contributed by atoms with Crippen LogP contribution in [0, 0.1) is 17.2 Å². The Morgan fingerprint density at radius 1 is 0.966 bits per heavy atom. The maximum absolute atomic E-state index is 12.0. The third kappa shape index (κ3) is 6.25. The Balaban J connectivity index is 1.49. The number of nitrogens with zero attached hydrogens (tertiary/aromatic N) is 1. The fourth-order valence-electron chi connectivity index (χ4n) is 3.36. The van der Waals surface area contributed by atoms with Gasteiger partial charge in [0.05, 0.1) is 12.7 Å². The van der Waals surface area contributed by atoms with Crippen molar-refractivity contribution in [2.24, 2.45) is 5.92 Å². The molecule has 0 spiro atoms. The minimum atomic E-state index is -0.688. The maximum Gasteiger partial charge on any atom is 0.514 e. The van der Waals surface area contributed by atoms with Gasteiger partial charge < -0.3 is 14.2 Å². The summed E-state index contributed by atoms with van der Waals surface area (Å²) in [5.41, 5.74) is 2.09. The van der Waals surface area contributed by atoms with Crippen molar-refractivity contribution in [2.45, 2.75) is 51.6 Å². The molecular weight excluding hydrogens is 366 g/mol. The Hall–Kier alpha value is -3.00. The normalized spacial score (nSPS) is 18.5. The molecule has 2 aromatic rings. The molecule has 1 aliphatic carbocycles. The number of rotatable bonds is 7. The first-order chi connectivity index (χ1) is 14.2. The number of carbonyl (C=O) groups excluding carboxylic acids is 1. The minimum absolute atomic E-state index is 0.0791. The largest absolute Gasteiger partial charge is 0.514 e. The van der Waals surface area contributed by atoms with Gasteiger partial charge in [-0.15, -0.1) is 0 Å². The number of benzene rings is 2. The summed E-state index contributed by atoms with van der Waals surface area (Å²) in [5.74, 6) is 1.40. The molecule has 0 bridgehead atoms. The van der Waals surface area contributed by atoms with Crippen molar-refractivity contribution in [3.8, 4) is 28.7 Å². The summed E-state index contributed by atoms with van der Waals surface area (Å²) in [4.78, 5) is 12.0. The van der Waals surface area contributed by atoms with Crippen LogP contribution in [0.3, 0.4) is 0 Å². The average Bonchev–Trinajstić information content (AvgIpc) is 2.75. The van der Waals surface area contributed by atoms with E-state index in [9.17, 15) is 4.79 Å². The molecule has 2 aromatic carbocycles. The first-order valence-corrected chi connectivity index (χ1v) is 10.3. The molecule has 0 radical (unpaired) electrons. The standard InChI is InChI=1S/C24H27NO4/c1-2-3-16-27-21-12-6-19(7-13-21)20-8-14-23(15-9-20)29-24(26)28-22-10-4-18(17-25)5-11-22/h6-9,12-15,18,22H,2-5,10-11,16H2,1H3/t18-,22-. The highest BCUT2D eigenvalue weighted by molar-refractivity contribution is 5.67. The number of nitriles is 1. The van der Waals surface area contributed by atoms with E-state index in [2.05, 4.69) is 13.0 Å². The second kappa shape index (κ2) is 10.5. The lowest BCUT2D eigenvalue weighted by molar-refractivity contribution is 0.0375. The number of ether oxygens (including phenoxy) is 3. The Morgan fingerprint density at radius 2 is 1.55 bits per heavy atom. The number of hydrogen-bond donors (Lipinski definition) is 0. The van der Waals surface area contributed by atoms with Crippen LogP contribution in [0.25, 0.3) is 11.1 Å². The first-order valence-electron chi connectivity index (χ1n) is 10.3. The molecule has 152 valence electrons. The van der Waals surface area contributed by atoms with Gasteiger partial charge in [-0.3, -0.25) is 0 Å². The van der Waals surface area contributed by atoms with Crippen LogP contribution in [-0.4, -0.2) is 18.9 Å². The van der Waals surface area contributed by atoms with Crippen molar-refractivity contribution >= 4 is 6.16 Å². The molecule has 1 saturated carbocycles. The third-order valence-electron chi connectivity index (χ3n) is 5.13. The molecular formula is C24H27NO4. The van der Waals surface area contributed by atoms with E-state index in [1.807, 2.05) is 36.4 Å². The quantitative estimate of drug-likeness (QED) is 0.321. The highest BCUT2D eigenvalue weighted by atomic mass is 16.7. The third-order valence-corrected chi connectivity index (χ3v) is 5.13. The fourth-order valence-corrected chi connectivity index (χ4v) is 3.36. The van der Waals surface area contributed by atoms with E-state index in [4.69, 9.17) is 19.5 Å². The second-order valence-corrected chi connectivity index (χ2v) is 7.32. The minimum Gasteiger partial charge on any atom is -0.494 e. The van der Waals surface area contributed by atoms with Crippen molar-refractivity contribution in [3.63, 3.8) is 0 Å². The molecule has 0 saturated heterocycles. The van der Waals surface area contributed by atoms with Crippen molar-refractivity contribution in [3.05, 3.63) is 48.5 Å². The van der Waals surface area contributed by atoms with Gasteiger partial charge in [-0.2, -0.15) is 5.26 Å². The van der Waals surface area contributed by atoms with E-state index in [0.717, 1.165) is 49.2 Å². The van der Waals surface area contributed by atoms with Crippen LogP contribution < -0.4 is 9.47 Å². The van der Waals surface area contributed by atoms with Gasteiger partial charge >= 0.3 is 6.16 Å². The average molecular weight is 393 g/mol. The molecule has 1 aliphatic rings. The first kappa shape index (κ1) is 20.7. The maximum atomic E-state index is 12.0. The van der Waals surface area contributed by atoms with Crippen molar-refractivity contribution < 1.29 is 19.0 Å². The molecule has 0 aliphatic heterocycles. The van der Waals surface area contributed by atoms with Gasteiger partial charge in [0.2, 0.25) is 0 Å². The summed E-state index contributed by atoms with van der Waals surface area (Å²) >= 11 is 0. The Morgan fingerprint density at radius 3 is 2.10 bits per heavy atom. The lowest BCUT2D eigenvalue weighted by Gasteiger charge is -2.24. The number of hydrogen-bond acceptors (Lipinski definition) is 5. The molecule has 0 atom stereocenters. The van der Waals surface area contributed by atoms with Gasteiger partial charge in [-0.25, -0.2) is 4.79 Å². The van der Waals surface area contributed by atoms with Gasteiger partial charge in [0, 0.05) is 5.92 Å². The van der Waals surface area contributed by atoms with Crippen molar-refractivity contribution in [1.82, 2.24) is 0 Å². The Kier molecular flexibility index (Phi) is 7.52. The highest BCUT2D eigenvalue weighted by Crippen LogP contribution is 2.27. The van der Waals surface area contributed by atoms with Crippen molar-refractivity contribution in [1.29, 1.82) is 5.26 Å². The van der Waals surface area contributed by atoms with E-state index in [0.29, 0.717) is 18.6 Å². The zero-order valence-electron chi connectivity index (χ0n) is 16.8. The van der Waals surface area contributed by atoms with Crippen LogP contribution >= 0.6 is 0 Å². The summed E-state index contributed by atoms with van der Waals surface area (Å²) in [6.45, 7) is 2.87. The van der Waals surface area contributed by atoms with Gasteiger partial charge in [0.1, 0.15) is 17.6 Å². The van der Waals surface area contributed by atoms with Crippen LogP contribution in [-0.2, 0) is 4.74 Å². The zero-order chi connectivity index (χ0) is 20.5. The molecule has 0 heterocycles. The summed E-state index contributed by atoms with van der Waals surface area (Å²) in [7, 11) is 0. The fraction of sp³-hybridized carbons (Fsp3) is 0.417. The predicted molar refractivity (Wildman–Crippen MR) is 111 cm³/mol. The Labute approximate surface area is 172 Å². The molecule has 29 heavy (non-hydrogen) atoms. The van der Waals surface area contributed by atoms with E-state index >= 15 is 0 Å². The molecule has 5 nitrogen and oxygen atoms in total. The number of unbranched alkanes of at least 4 members (excludes halogenated alkanes) is 1. The molecule has 0 unspecified atom stereocenters.